The Balaban J connectivity index is 1.52. The highest BCUT2D eigenvalue weighted by Gasteiger charge is 2.39. The summed E-state index contributed by atoms with van der Waals surface area (Å²) in [6.07, 6.45) is 1.60. The van der Waals surface area contributed by atoms with Crippen LogP contribution in [-0.4, -0.2) is 73.5 Å². The van der Waals surface area contributed by atoms with Crippen molar-refractivity contribution in [2.75, 3.05) is 39.5 Å². The molecular weight excluding hydrogens is 330 g/mol. The average Bonchev–Trinajstić information content (AvgIpc) is 2.68. The molecule has 3 fully saturated rings. The zero-order valence-corrected chi connectivity index (χ0v) is 15.5. The number of nitrogens with one attached hydrogen (secondary N) is 1. The second kappa shape index (κ2) is 8.05. The molecule has 3 unspecified atom stereocenters. The summed E-state index contributed by atoms with van der Waals surface area (Å²) in [5.41, 5.74) is 1.25. The third-order valence-electron chi connectivity index (χ3n) is 5.89. The van der Waals surface area contributed by atoms with Crippen molar-refractivity contribution in [2.24, 2.45) is 0 Å². The molecule has 3 saturated heterocycles. The highest BCUT2D eigenvalue weighted by atomic mass is 16.5. The molecular formula is C20H29N3O3. The van der Waals surface area contributed by atoms with Gasteiger partial charge < -0.3 is 14.8 Å². The lowest BCUT2D eigenvalue weighted by molar-refractivity contribution is -0.133. The molecule has 26 heavy (non-hydrogen) atoms. The molecule has 0 radical (unpaired) electrons. The van der Waals surface area contributed by atoms with Gasteiger partial charge in [0.15, 0.2) is 0 Å². The zero-order chi connectivity index (χ0) is 17.9. The van der Waals surface area contributed by atoms with Crippen LogP contribution in [0.2, 0.25) is 0 Å². The smallest absolute Gasteiger partial charge is 0.222 e. The summed E-state index contributed by atoms with van der Waals surface area (Å²) in [6, 6.07) is 11.3. The molecule has 3 heterocycles. The molecule has 0 aliphatic carbocycles. The van der Waals surface area contributed by atoms with Gasteiger partial charge in [-0.05, 0) is 18.9 Å². The van der Waals surface area contributed by atoms with Crippen LogP contribution in [0.4, 0.5) is 0 Å². The number of hydrogen-bond acceptors (Lipinski definition) is 5. The molecule has 0 aromatic heterocycles. The Bertz CT molecular complexity index is 612. The quantitative estimate of drug-likeness (QED) is 0.884. The molecule has 142 valence electrons. The van der Waals surface area contributed by atoms with Gasteiger partial charge in [0.2, 0.25) is 5.91 Å². The van der Waals surface area contributed by atoms with E-state index in [2.05, 4.69) is 46.3 Å². The first-order valence-corrected chi connectivity index (χ1v) is 9.73. The summed E-state index contributed by atoms with van der Waals surface area (Å²) in [5.74, 6) is 0.156. The van der Waals surface area contributed by atoms with Crippen LogP contribution >= 0.6 is 0 Å². The maximum atomic E-state index is 12.5. The van der Waals surface area contributed by atoms with Gasteiger partial charge in [-0.2, -0.15) is 0 Å². The molecule has 1 aromatic carbocycles. The third-order valence-corrected chi connectivity index (χ3v) is 5.89. The van der Waals surface area contributed by atoms with E-state index in [1.807, 2.05) is 6.07 Å². The highest BCUT2D eigenvalue weighted by Crippen LogP contribution is 2.30. The summed E-state index contributed by atoms with van der Waals surface area (Å²) in [5, 5.41) is 3.24. The first-order chi connectivity index (χ1) is 12.7. The van der Waals surface area contributed by atoms with Crippen molar-refractivity contribution in [1.29, 1.82) is 0 Å². The van der Waals surface area contributed by atoms with Gasteiger partial charge in [0, 0.05) is 31.6 Å². The lowest BCUT2D eigenvalue weighted by atomic mass is 9.96. The van der Waals surface area contributed by atoms with E-state index in [0.717, 1.165) is 32.7 Å². The largest absolute Gasteiger partial charge is 0.379 e. The first kappa shape index (κ1) is 17.9. The minimum absolute atomic E-state index is 0.0606. The van der Waals surface area contributed by atoms with Crippen molar-refractivity contribution < 1.29 is 14.3 Å². The van der Waals surface area contributed by atoms with Gasteiger partial charge in [-0.25, -0.2) is 0 Å². The number of ether oxygens (including phenoxy) is 2. The maximum Gasteiger partial charge on any atom is 0.222 e. The van der Waals surface area contributed by atoms with E-state index in [0.29, 0.717) is 25.7 Å². The second-order valence-electron chi connectivity index (χ2n) is 7.58. The Hall–Kier alpha value is -1.47. The first-order valence-electron chi connectivity index (χ1n) is 9.73. The van der Waals surface area contributed by atoms with E-state index < -0.39 is 0 Å². The zero-order valence-electron chi connectivity index (χ0n) is 15.5. The van der Waals surface area contributed by atoms with Gasteiger partial charge in [0.25, 0.3) is 0 Å². The molecule has 3 aliphatic rings. The van der Waals surface area contributed by atoms with Gasteiger partial charge in [-0.3, -0.25) is 14.6 Å². The van der Waals surface area contributed by atoms with Gasteiger partial charge in [-0.15, -0.1) is 0 Å². The van der Waals surface area contributed by atoms with Gasteiger partial charge in [0.05, 0.1) is 38.6 Å². The minimum atomic E-state index is 0.0606. The fraction of sp³-hybridized carbons (Fsp3) is 0.650. The summed E-state index contributed by atoms with van der Waals surface area (Å²) in [7, 11) is 0. The van der Waals surface area contributed by atoms with E-state index in [4.69, 9.17) is 9.47 Å². The van der Waals surface area contributed by atoms with Gasteiger partial charge >= 0.3 is 0 Å². The molecule has 0 spiro atoms. The van der Waals surface area contributed by atoms with Crippen molar-refractivity contribution in [2.45, 2.75) is 44.1 Å². The fourth-order valence-corrected chi connectivity index (χ4v) is 4.56. The Labute approximate surface area is 155 Å². The maximum absolute atomic E-state index is 12.5. The predicted octanol–water partition coefficient (Wildman–Crippen LogP) is 1.39. The Morgan fingerprint density at radius 3 is 2.54 bits per heavy atom. The molecule has 0 bridgehead atoms. The van der Waals surface area contributed by atoms with Crippen LogP contribution in [0.5, 0.6) is 0 Å². The van der Waals surface area contributed by atoms with Gasteiger partial charge in [0.1, 0.15) is 0 Å². The lowest BCUT2D eigenvalue weighted by Crippen LogP contribution is -2.61. The fourth-order valence-electron chi connectivity index (χ4n) is 4.56. The van der Waals surface area contributed by atoms with Gasteiger partial charge in [-0.1, -0.05) is 30.3 Å². The van der Waals surface area contributed by atoms with Crippen LogP contribution in [0.15, 0.2) is 30.3 Å². The molecule has 4 atom stereocenters. The summed E-state index contributed by atoms with van der Waals surface area (Å²) < 4.78 is 11.3. The van der Waals surface area contributed by atoms with Crippen molar-refractivity contribution in [3.05, 3.63) is 35.9 Å². The number of nitrogens with zero attached hydrogens (tertiary/aromatic N) is 2. The molecule has 4 rings (SSSR count). The normalized spacial score (nSPS) is 34.4. The number of carbonyl (C=O) groups excluding carboxylic acids is 1. The summed E-state index contributed by atoms with van der Waals surface area (Å²) in [6.45, 7) is 6.86. The molecule has 1 amide bonds. The van der Waals surface area contributed by atoms with Crippen LogP contribution in [0.3, 0.4) is 0 Å². The van der Waals surface area contributed by atoms with E-state index in [1.54, 1.807) is 0 Å². The molecule has 6 nitrogen and oxygen atoms in total. The van der Waals surface area contributed by atoms with Crippen molar-refractivity contribution >= 4 is 5.91 Å². The Kier molecular flexibility index (Phi) is 5.55. The van der Waals surface area contributed by atoms with E-state index >= 15 is 0 Å². The molecule has 0 saturated carbocycles. The number of hydrogen-bond donors (Lipinski definition) is 1. The van der Waals surface area contributed by atoms with Crippen molar-refractivity contribution in [3.63, 3.8) is 0 Å². The number of rotatable bonds is 3. The SMILES string of the molecule is C[C@@H]1COCCN1C1CC(=O)NC(N2CCOCC2c2ccccc2)C1. The summed E-state index contributed by atoms with van der Waals surface area (Å²) >= 11 is 0. The number of carbonyl (C=O) groups is 1. The van der Waals surface area contributed by atoms with Crippen molar-refractivity contribution in [3.8, 4) is 0 Å². The monoisotopic (exact) mass is 359 g/mol. The van der Waals surface area contributed by atoms with Crippen LogP contribution in [0.25, 0.3) is 0 Å². The number of piperidine rings is 1. The minimum Gasteiger partial charge on any atom is -0.379 e. The molecule has 3 aliphatic heterocycles. The van der Waals surface area contributed by atoms with E-state index in [-0.39, 0.29) is 24.2 Å². The van der Waals surface area contributed by atoms with Crippen LogP contribution < -0.4 is 5.32 Å². The lowest BCUT2D eigenvalue weighted by Gasteiger charge is -2.47. The Morgan fingerprint density at radius 1 is 1.04 bits per heavy atom. The molecule has 1 N–H and O–H groups in total. The number of benzene rings is 1. The third kappa shape index (κ3) is 3.78. The second-order valence-corrected chi connectivity index (χ2v) is 7.58. The predicted molar refractivity (Wildman–Crippen MR) is 98.6 cm³/mol. The topological polar surface area (TPSA) is 54.0 Å². The van der Waals surface area contributed by atoms with Crippen LogP contribution in [0.1, 0.15) is 31.4 Å². The molecule has 1 aromatic rings. The number of amides is 1. The van der Waals surface area contributed by atoms with E-state index in [1.165, 1.54) is 5.56 Å². The Morgan fingerprint density at radius 2 is 1.77 bits per heavy atom. The van der Waals surface area contributed by atoms with Crippen LogP contribution in [0, 0.1) is 0 Å². The van der Waals surface area contributed by atoms with Crippen molar-refractivity contribution in [1.82, 2.24) is 15.1 Å². The average molecular weight is 359 g/mol. The standard InChI is InChI=1S/C20H29N3O3/c1-15-13-25-9-7-22(15)17-11-19(21-20(24)12-17)23-8-10-26-14-18(23)16-5-3-2-4-6-16/h2-6,15,17-19H,7-14H2,1H3,(H,21,24)/t15-,17?,18?,19?/m1/s1. The number of morpholine rings is 2. The molecule has 6 heteroatoms. The summed E-state index contributed by atoms with van der Waals surface area (Å²) in [4.78, 5) is 17.4. The van der Waals surface area contributed by atoms with E-state index in [9.17, 15) is 4.79 Å². The highest BCUT2D eigenvalue weighted by molar-refractivity contribution is 5.77. The van der Waals surface area contributed by atoms with Crippen LogP contribution in [-0.2, 0) is 14.3 Å².